The first-order valence-corrected chi connectivity index (χ1v) is 3.61. The van der Waals surface area contributed by atoms with Gasteiger partial charge in [0.15, 0.2) is 6.10 Å². The molecule has 0 aromatic rings. The molecule has 0 radical (unpaired) electrons. The number of rotatable bonds is 3. The molecule has 0 bridgehead atoms. The zero-order chi connectivity index (χ0) is 8.43. The Morgan fingerprint density at radius 1 is 1.55 bits per heavy atom. The highest BCUT2D eigenvalue weighted by atomic mass is 16.3. The Bertz CT molecular complexity index is 156. The van der Waals surface area contributed by atoms with Crippen LogP contribution in [0.15, 0.2) is 0 Å². The maximum Gasteiger partial charge on any atom is 0.252 e. The quantitative estimate of drug-likeness (QED) is 0.353. The summed E-state index contributed by atoms with van der Waals surface area (Å²) in [5.41, 5.74) is 10.2. The van der Waals surface area contributed by atoms with Crippen molar-refractivity contribution in [1.82, 2.24) is 5.32 Å². The lowest BCUT2D eigenvalue weighted by Crippen LogP contribution is -2.51. The smallest absolute Gasteiger partial charge is 0.252 e. The summed E-state index contributed by atoms with van der Waals surface area (Å²) in [4.78, 5) is 10.9. The Kier molecular flexibility index (Phi) is 2.43. The molecule has 1 unspecified atom stereocenters. The first-order valence-electron chi connectivity index (χ1n) is 3.61. The average Bonchev–Trinajstić information content (AvgIpc) is 2.69. The minimum absolute atomic E-state index is 0.232. The summed E-state index contributed by atoms with van der Waals surface area (Å²) in [6.07, 6.45) is -0.305. The average molecular weight is 159 g/mol. The van der Waals surface area contributed by atoms with Crippen LogP contribution in [0.1, 0.15) is 12.8 Å². The molecule has 5 nitrogen and oxygen atoms in total. The number of aliphatic hydroxyl groups excluding tert-OH is 1. The number of carbonyl (C=O) groups is 1. The van der Waals surface area contributed by atoms with Crippen LogP contribution >= 0.6 is 0 Å². The van der Waals surface area contributed by atoms with Crippen molar-refractivity contribution in [3.05, 3.63) is 0 Å². The summed E-state index contributed by atoms with van der Waals surface area (Å²) in [6, 6.07) is 0.232. The van der Waals surface area contributed by atoms with Gasteiger partial charge in [-0.1, -0.05) is 0 Å². The van der Waals surface area contributed by atoms with Crippen LogP contribution in [-0.2, 0) is 4.79 Å². The lowest BCUT2D eigenvalue weighted by Gasteiger charge is -2.13. The minimum Gasteiger partial charge on any atom is -0.380 e. The minimum atomic E-state index is -1.28. The van der Waals surface area contributed by atoms with E-state index in [-0.39, 0.29) is 6.04 Å². The largest absolute Gasteiger partial charge is 0.380 e. The molecule has 1 saturated carbocycles. The van der Waals surface area contributed by atoms with Gasteiger partial charge in [0.25, 0.3) is 5.91 Å². The van der Waals surface area contributed by atoms with E-state index in [1.807, 2.05) is 0 Å². The maximum atomic E-state index is 10.9. The molecule has 1 aliphatic rings. The van der Waals surface area contributed by atoms with E-state index in [0.29, 0.717) is 0 Å². The number of hydrogen-bond donors (Lipinski definition) is 4. The fourth-order valence-corrected chi connectivity index (χ4v) is 0.689. The third-order valence-electron chi connectivity index (χ3n) is 1.56. The molecule has 5 heteroatoms. The second kappa shape index (κ2) is 3.17. The molecule has 0 aromatic carbocycles. The third-order valence-corrected chi connectivity index (χ3v) is 1.56. The first kappa shape index (κ1) is 8.45. The highest BCUT2D eigenvalue weighted by Crippen LogP contribution is 2.18. The molecule has 6 N–H and O–H groups in total. The van der Waals surface area contributed by atoms with Crippen LogP contribution in [0, 0.1) is 0 Å². The lowest BCUT2D eigenvalue weighted by atomic mass is 10.3. The van der Waals surface area contributed by atoms with Crippen LogP contribution in [0.4, 0.5) is 0 Å². The van der Waals surface area contributed by atoms with Gasteiger partial charge >= 0.3 is 0 Å². The summed E-state index contributed by atoms with van der Waals surface area (Å²) in [5, 5.41) is 11.6. The number of nitrogens with two attached hydrogens (primary N) is 2. The predicted octanol–water partition coefficient (Wildman–Crippen LogP) is -2.13. The molecule has 0 heterocycles. The van der Waals surface area contributed by atoms with Crippen LogP contribution in [-0.4, -0.2) is 29.3 Å². The van der Waals surface area contributed by atoms with Crippen molar-refractivity contribution in [2.45, 2.75) is 31.2 Å². The highest BCUT2D eigenvalue weighted by molar-refractivity contribution is 5.81. The molecule has 1 rings (SSSR count). The summed E-state index contributed by atoms with van der Waals surface area (Å²) >= 11 is 0. The van der Waals surface area contributed by atoms with Gasteiger partial charge in [0.2, 0.25) is 0 Å². The second-order valence-corrected chi connectivity index (χ2v) is 2.81. The monoisotopic (exact) mass is 159 g/mol. The van der Waals surface area contributed by atoms with Gasteiger partial charge in [-0.15, -0.1) is 0 Å². The van der Waals surface area contributed by atoms with Crippen LogP contribution < -0.4 is 16.8 Å². The van der Waals surface area contributed by atoms with E-state index in [4.69, 9.17) is 16.6 Å². The van der Waals surface area contributed by atoms with Gasteiger partial charge in [0.05, 0.1) is 6.17 Å². The van der Waals surface area contributed by atoms with E-state index in [0.717, 1.165) is 12.8 Å². The van der Waals surface area contributed by atoms with Crippen LogP contribution in [0.3, 0.4) is 0 Å². The lowest BCUT2D eigenvalue weighted by molar-refractivity contribution is -0.130. The van der Waals surface area contributed by atoms with Gasteiger partial charge in [-0.3, -0.25) is 4.79 Å². The van der Waals surface area contributed by atoms with Crippen molar-refractivity contribution in [2.75, 3.05) is 0 Å². The van der Waals surface area contributed by atoms with Crippen molar-refractivity contribution in [3.8, 4) is 0 Å². The fourth-order valence-electron chi connectivity index (χ4n) is 0.689. The Morgan fingerprint density at radius 3 is 2.45 bits per heavy atom. The standard InChI is InChI=1S/C6H13N3O2/c7-5(8)4(10)6(11)9-3-1-2-3/h3-5,10H,1-2,7-8H2,(H,9,11). The fraction of sp³-hybridized carbons (Fsp3) is 0.833. The first-order chi connectivity index (χ1) is 5.11. The summed E-state index contributed by atoms with van der Waals surface area (Å²) in [5.74, 6) is -0.470. The Labute approximate surface area is 64.7 Å². The van der Waals surface area contributed by atoms with E-state index >= 15 is 0 Å². The van der Waals surface area contributed by atoms with Gasteiger partial charge in [-0.2, -0.15) is 0 Å². The number of hydrogen-bond acceptors (Lipinski definition) is 4. The maximum absolute atomic E-state index is 10.9. The number of carbonyl (C=O) groups excluding carboxylic acids is 1. The molecule has 1 fully saturated rings. The summed E-state index contributed by atoms with van der Waals surface area (Å²) in [7, 11) is 0. The Hall–Kier alpha value is -0.650. The van der Waals surface area contributed by atoms with E-state index in [2.05, 4.69) is 5.32 Å². The molecule has 64 valence electrons. The van der Waals surface area contributed by atoms with Crippen molar-refractivity contribution >= 4 is 5.91 Å². The van der Waals surface area contributed by atoms with Gasteiger partial charge in [0, 0.05) is 6.04 Å². The molecule has 0 aromatic heterocycles. The molecule has 11 heavy (non-hydrogen) atoms. The molecule has 1 atom stereocenters. The Morgan fingerprint density at radius 2 is 2.09 bits per heavy atom. The summed E-state index contributed by atoms with van der Waals surface area (Å²) < 4.78 is 0. The number of amides is 1. The second-order valence-electron chi connectivity index (χ2n) is 2.81. The molecule has 1 amide bonds. The SMILES string of the molecule is NC(N)C(O)C(=O)NC1CC1. The third kappa shape index (κ3) is 2.45. The molecular weight excluding hydrogens is 146 g/mol. The van der Waals surface area contributed by atoms with Crippen molar-refractivity contribution in [3.63, 3.8) is 0 Å². The van der Waals surface area contributed by atoms with Gasteiger partial charge < -0.3 is 21.9 Å². The Balaban J connectivity index is 2.26. The van der Waals surface area contributed by atoms with Crippen LogP contribution in [0.25, 0.3) is 0 Å². The van der Waals surface area contributed by atoms with Gasteiger partial charge in [-0.05, 0) is 12.8 Å². The highest BCUT2D eigenvalue weighted by Gasteiger charge is 2.27. The van der Waals surface area contributed by atoms with Crippen LogP contribution in [0.5, 0.6) is 0 Å². The normalized spacial score (nSPS) is 20.0. The number of nitrogens with one attached hydrogen (secondary N) is 1. The number of aliphatic hydroxyl groups is 1. The van der Waals surface area contributed by atoms with Crippen molar-refractivity contribution < 1.29 is 9.90 Å². The molecule has 0 spiro atoms. The zero-order valence-electron chi connectivity index (χ0n) is 6.16. The van der Waals surface area contributed by atoms with E-state index in [1.165, 1.54) is 0 Å². The van der Waals surface area contributed by atoms with Crippen LogP contribution in [0.2, 0.25) is 0 Å². The molecular formula is C6H13N3O2. The van der Waals surface area contributed by atoms with Gasteiger partial charge in [0.1, 0.15) is 0 Å². The topological polar surface area (TPSA) is 101 Å². The van der Waals surface area contributed by atoms with E-state index in [1.54, 1.807) is 0 Å². The summed E-state index contributed by atoms with van der Waals surface area (Å²) in [6.45, 7) is 0. The van der Waals surface area contributed by atoms with Crippen molar-refractivity contribution in [2.24, 2.45) is 11.5 Å². The van der Waals surface area contributed by atoms with E-state index in [9.17, 15) is 4.79 Å². The molecule has 0 saturated heterocycles. The molecule has 0 aliphatic heterocycles. The van der Waals surface area contributed by atoms with Gasteiger partial charge in [-0.25, -0.2) is 0 Å². The molecule has 1 aliphatic carbocycles. The van der Waals surface area contributed by atoms with E-state index < -0.39 is 18.2 Å². The zero-order valence-corrected chi connectivity index (χ0v) is 6.16. The predicted molar refractivity (Wildman–Crippen MR) is 39.3 cm³/mol. The van der Waals surface area contributed by atoms with Crippen molar-refractivity contribution in [1.29, 1.82) is 0 Å².